The van der Waals surface area contributed by atoms with Gasteiger partial charge < -0.3 is 15.6 Å². The molecule has 0 atom stereocenters. The lowest BCUT2D eigenvalue weighted by molar-refractivity contribution is 0.317. The van der Waals surface area contributed by atoms with Crippen molar-refractivity contribution in [2.24, 2.45) is 0 Å². The first kappa shape index (κ1) is 14.2. The molecule has 0 aliphatic heterocycles. The molecule has 3 nitrogen and oxygen atoms in total. The number of allylic oxidation sites excluding steroid dienone is 2. The van der Waals surface area contributed by atoms with Crippen LogP contribution in [0.5, 0.6) is 5.75 Å². The highest BCUT2D eigenvalue weighted by molar-refractivity contribution is 6.09. The summed E-state index contributed by atoms with van der Waals surface area (Å²) in [5.41, 5.74) is 3.06. The first-order valence-corrected chi connectivity index (χ1v) is 6.13. The van der Waals surface area contributed by atoms with Crippen molar-refractivity contribution in [1.29, 1.82) is 10.8 Å². The fourth-order valence-electron chi connectivity index (χ4n) is 1.67. The van der Waals surface area contributed by atoms with Gasteiger partial charge in [-0.3, -0.25) is 0 Å². The number of ether oxygens (including phenoxy) is 1. The highest BCUT2D eigenvalue weighted by Crippen LogP contribution is 2.24. The number of rotatable bonds is 6. The second-order valence-electron chi connectivity index (χ2n) is 4.07. The molecule has 0 bridgehead atoms. The molecule has 0 aromatic heterocycles. The van der Waals surface area contributed by atoms with E-state index in [0.717, 1.165) is 28.9 Å². The van der Waals surface area contributed by atoms with Gasteiger partial charge in [-0.2, -0.15) is 0 Å². The van der Waals surface area contributed by atoms with E-state index in [1.165, 1.54) is 6.21 Å². The third kappa shape index (κ3) is 3.29. The molecule has 1 aromatic carbocycles. The van der Waals surface area contributed by atoms with Gasteiger partial charge in [0.25, 0.3) is 0 Å². The second-order valence-corrected chi connectivity index (χ2v) is 4.07. The first-order chi connectivity index (χ1) is 8.63. The minimum absolute atomic E-state index is 0.475. The molecule has 0 spiro atoms. The number of hydrogen-bond acceptors (Lipinski definition) is 3. The summed E-state index contributed by atoms with van der Waals surface area (Å²) in [5, 5.41) is 15.2. The Labute approximate surface area is 109 Å². The van der Waals surface area contributed by atoms with Crippen LogP contribution in [0.3, 0.4) is 0 Å². The third-order valence-electron chi connectivity index (χ3n) is 2.65. The van der Waals surface area contributed by atoms with Crippen molar-refractivity contribution in [2.75, 3.05) is 6.61 Å². The molecule has 1 aromatic rings. The van der Waals surface area contributed by atoms with Gasteiger partial charge in [-0.1, -0.05) is 19.1 Å². The lowest BCUT2D eigenvalue weighted by Crippen LogP contribution is -2.03. The summed E-state index contributed by atoms with van der Waals surface area (Å²) in [6, 6.07) is 5.72. The summed E-state index contributed by atoms with van der Waals surface area (Å²) < 4.78 is 5.63. The maximum atomic E-state index is 7.81. The normalized spacial score (nSPS) is 11.2. The monoisotopic (exact) mass is 244 g/mol. The van der Waals surface area contributed by atoms with E-state index in [1.54, 1.807) is 6.92 Å². The predicted molar refractivity (Wildman–Crippen MR) is 77.2 cm³/mol. The van der Waals surface area contributed by atoms with Crippen LogP contribution < -0.4 is 4.74 Å². The molecule has 0 aliphatic rings. The molecule has 0 amide bonds. The maximum absolute atomic E-state index is 7.81. The molecule has 0 saturated heterocycles. The number of benzene rings is 1. The maximum Gasteiger partial charge on any atom is 0.128 e. The van der Waals surface area contributed by atoms with E-state index in [-0.39, 0.29) is 0 Å². The fourth-order valence-corrected chi connectivity index (χ4v) is 1.67. The predicted octanol–water partition coefficient (Wildman–Crippen LogP) is 3.92. The lowest BCUT2D eigenvalue weighted by Gasteiger charge is -2.12. The smallest absolute Gasteiger partial charge is 0.128 e. The van der Waals surface area contributed by atoms with Gasteiger partial charge in [0, 0.05) is 17.5 Å². The van der Waals surface area contributed by atoms with E-state index >= 15 is 0 Å². The van der Waals surface area contributed by atoms with Gasteiger partial charge in [0.15, 0.2) is 0 Å². The van der Waals surface area contributed by atoms with E-state index in [2.05, 4.69) is 6.92 Å². The molecule has 0 saturated carbocycles. The van der Waals surface area contributed by atoms with Crippen molar-refractivity contribution in [3.63, 3.8) is 0 Å². The summed E-state index contributed by atoms with van der Waals surface area (Å²) in [4.78, 5) is 0. The van der Waals surface area contributed by atoms with Gasteiger partial charge in [-0.05, 0) is 43.5 Å². The van der Waals surface area contributed by atoms with Crippen LogP contribution in [-0.4, -0.2) is 18.5 Å². The Hall–Kier alpha value is -1.90. The molecule has 96 valence electrons. The molecule has 3 heteroatoms. The Kier molecular flexibility index (Phi) is 5.31. The van der Waals surface area contributed by atoms with Crippen LogP contribution in [0.4, 0.5) is 0 Å². The van der Waals surface area contributed by atoms with Crippen LogP contribution in [-0.2, 0) is 0 Å². The molecule has 0 aliphatic carbocycles. The molecule has 2 N–H and O–H groups in total. The quantitative estimate of drug-likeness (QED) is 0.732. The summed E-state index contributed by atoms with van der Waals surface area (Å²) in [7, 11) is 0. The summed E-state index contributed by atoms with van der Waals surface area (Å²) >= 11 is 0. The highest BCUT2D eigenvalue weighted by atomic mass is 16.5. The molecule has 0 radical (unpaired) electrons. The van der Waals surface area contributed by atoms with Gasteiger partial charge in [0.1, 0.15) is 5.75 Å². The standard InChI is InChI=1S/C15H20N2O/c1-4-8-18-15-7-6-13(12(5-2)10-16)9-14(15)11(3)17/h5-7,9-10,16-17H,4,8H2,1-3H3/b12-5+,16-10?,17-11?. The van der Waals surface area contributed by atoms with Crippen LogP contribution in [0, 0.1) is 10.8 Å². The zero-order valence-corrected chi connectivity index (χ0v) is 11.2. The van der Waals surface area contributed by atoms with Crippen LogP contribution in [0.2, 0.25) is 0 Å². The second kappa shape index (κ2) is 6.74. The fraction of sp³-hybridized carbons (Fsp3) is 0.333. The van der Waals surface area contributed by atoms with Crippen molar-refractivity contribution >= 4 is 17.5 Å². The van der Waals surface area contributed by atoms with Crippen molar-refractivity contribution in [2.45, 2.75) is 27.2 Å². The van der Waals surface area contributed by atoms with E-state index < -0.39 is 0 Å². The third-order valence-corrected chi connectivity index (χ3v) is 2.65. The largest absolute Gasteiger partial charge is 0.493 e. The summed E-state index contributed by atoms with van der Waals surface area (Å²) in [5.74, 6) is 0.744. The summed E-state index contributed by atoms with van der Waals surface area (Å²) in [6.07, 6.45) is 4.15. The van der Waals surface area contributed by atoms with Gasteiger partial charge in [0.2, 0.25) is 0 Å². The van der Waals surface area contributed by atoms with Crippen molar-refractivity contribution in [3.05, 3.63) is 35.4 Å². The number of nitrogens with one attached hydrogen (secondary N) is 2. The van der Waals surface area contributed by atoms with Gasteiger partial charge in [-0.15, -0.1) is 0 Å². The Bertz CT molecular complexity index is 475. The molecule has 1 rings (SSSR count). The van der Waals surface area contributed by atoms with Crippen LogP contribution in [0.25, 0.3) is 5.57 Å². The zero-order chi connectivity index (χ0) is 13.5. The Morgan fingerprint density at radius 3 is 2.61 bits per heavy atom. The van der Waals surface area contributed by atoms with Crippen LogP contribution >= 0.6 is 0 Å². The molecular weight excluding hydrogens is 224 g/mol. The van der Waals surface area contributed by atoms with Gasteiger partial charge in [0.05, 0.1) is 6.61 Å². The van der Waals surface area contributed by atoms with E-state index in [9.17, 15) is 0 Å². The van der Waals surface area contributed by atoms with E-state index in [0.29, 0.717) is 12.3 Å². The Morgan fingerprint density at radius 2 is 2.11 bits per heavy atom. The topological polar surface area (TPSA) is 56.9 Å². The van der Waals surface area contributed by atoms with E-state index in [4.69, 9.17) is 15.6 Å². The van der Waals surface area contributed by atoms with Gasteiger partial charge >= 0.3 is 0 Å². The highest BCUT2D eigenvalue weighted by Gasteiger charge is 2.08. The molecular formula is C15H20N2O. The molecule has 18 heavy (non-hydrogen) atoms. The molecule has 0 heterocycles. The van der Waals surface area contributed by atoms with Crippen molar-refractivity contribution in [3.8, 4) is 5.75 Å². The zero-order valence-electron chi connectivity index (χ0n) is 11.2. The average molecular weight is 244 g/mol. The van der Waals surface area contributed by atoms with Gasteiger partial charge in [-0.25, -0.2) is 0 Å². The Morgan fingerprint density at radius 1 is 1.39 bits per heavy atom. The van der Waals surface area contributed by atoms with Crippen molar-refractivity contribution < 1.29 is 4.74 Å². The SMILES string of the molecule is C/C=C(\C=N)c1ccc(OCCC)c(C(C)=N)c1. The lowest BCUT2D eigenvalue weighted by atomic mass is 10.0. The van der Waals surface area contributed by atoms with E-state index in [1.807, 2.05) is 31.2 Å². The first-order valence-electron chi connectivity index (χ1n) is 6.13. The molecule has 0 unspecified atom stereocenters. The Balaban J connectivity index is 3.18. The van der Waals surface area contributed by atoms with Crippen LogP contribution in [0.1, 0.15) is 38.3 Å². The summed E-state index contributed by atoms with van der Waals surface area (Å²) in [6.45, 7) is 6.36. The average Bonchev–Trinajstić information content (AvgIpc) is 2.38. The van der Waals surface area contributed by atoms with Crippen molar-refractivity contribution in [1.82, 2.24) is 0 Å². The minimum atomic E-state index is 0.475. The molecule has 0 fully saturated rings. The van der Waals surface area contributed by atoms with Crippen LogP contribution in [0.15, 0.2) is 24.3 Å². The minimum Gasteiger partial charge on any atom is -0.493 e. The number of hydrogen-bond donors (Lipinski definition) is 2.